The summed E-state index contributed by atoms with van der Waals surface area (Å²) in [6.45, 7) is 4.89. The van der Waals surface area contributed by atoms with Gasteiger partial charge in [-0.3, -0.25) is 4.79 Å². The zero-order valence-electron chi connectivity index (χ0n) is 12.5. The highest BCUT2D eigenvalue weighted by atomic mass is 16.2. The van der Waals surface area contributed by atoms with Crippen LogP contribution in [0.2, 0.25) is 0 Å². The fourth-order valence-corrected chi connectivity index (χ4v) is 6.72. The Balaban J connectivity index is 1.86. The third kappa shape index (κ3) is 1.24. The molecule has 5 fully saturated rings. The van der Waals surface area contributed by atoms with Crippen molar-refractivity contribution in [2.75, 3.05) is 6.54 Å². The van der Waals surface area contributed by atoms with Crippen LogP contribution in [0.4, 0.5) is 0 Å². The van der Waals surface area contributed by atoms with Gasteiger partial charge in [0.05, 0.1) is 6.07 Å². The number of nitrogens with one attached hydrogen (secondary N) is 1. The molecule has 1 heterocycles. The van der Waals surface area contributed by atoms with Crippen LogP contribution in [-0.2, 0) is 4.79 Å². The van der Waals surface area contributed by atoms with E-state index in [1.54, 1.807) is 0 Å². The van der Waals surface area contributed by atoms with E-state index in [9.17, 15) is 10.1 Å². The molecule has 1 saturated heterocycles. The van der Waals surface area contributed by atoms with Gasteiger partial charge in [0.15, 0.2) is 0 Å². The molecule has 0 aromatic rings. The third-order valence-corrected chi connectivity index (χ3v) is 7.05. The number of nitrogens with zero attached hydrogens (tertiary/aromatic N) is 1. The Kier molecular flexibility index (Phi) is 2.27. The minimum Gasteiger partial charge on any atom is -0.354 e. The number of hydrogen-bond acceptors (Lipinski definition) is 2. The van der Waals surface area contributed by atoms with E-state index in [0.29, 0.717) is 6.54 Å². The first kappa shape index (κ1) is 12.7. The summed E-state index contributed by atoms with van der Waals surface area (Å²) >= 11 is 0. The summed E-state index contributed by atoms with van der Waals surface area (Å²) in [4.78, 5) is 12.7. The van der Waals surface area contributed by atoms with Crippen LogP contribution in [0.15, 0.2) is 0 Å². The molecule has 1 amide bonds. The van der Waals surface area contributed by atoms with Gasteiger partial charge in [-0.15, -0.1) is 0 Å². The zero-order valence-corrected chi connectivity index (χ0v) is 12.5. The fraction of sp³-hybridized carbons (Fsp3) is 0.882. The van der Waals surface area contributed by atoms with Gasteiger partial charge in [0.1, 0.15) is 5.41 Å². The van der Waals surface area contributed by atoms with E-state index in [-0.39, 0.29) is 16.7 Å². The second-order valence-electron chi connectivity index (χ2n) is 8.63. The van der Waals surface area contributed by atoms with E-state index in [4.69, 9.17) is 0 Å². The minimum absolute atomic E-state index is 0.0203. The van der Waals surface area contributed by atoms with E-state index >= 15 is 0 Å². The van der Waals surface area contributed by atoms with Crippen LogP contribution in [0.25, 0.3) is 0 Å². The van der Waals surface area contributed by atoms with Crippen molar-refractivity contribution in [1.29, 1.82) is 5.26 Å². The molecule has 0 aromatic carbocycles. The lowest BCUT2D eigenvalue weighted by molar-refractivity contribution is -0.160. The molecular weight excluding hydrogens is 248 g/mol. The first-order valence-corrected chi connectivity index (χ1v) is 8.12. The molecule has 1 aliphatic heterocycles. The highest BCUT2D eigenvalue weighted by Gasteiger charge is 2.71. The van der Waals surface area contributed by atoms with E-state index in [1.165, 1.54) is 19.3 Å². The standard InChI is InChI=1S/C17H24N2O/c1-15(2)10-19-14(20)17(15,9-18)16-6-11-3-12(7-16)5-13(4-11)8-16/h11-13H,3-8,10H2,1-2H3,(H,19,20). The van der Waals surface area contributed by atoms with Gasteiger partial charge in [-0.2, -0.15) is 5.26 Å². The topological polar surface area (TPSA) is 52.9 Å². The van der Waals surface area contributed by atoms with Gasteiger partial charge in [-0.25, -0.2) is 0 Å². The van der Waals surface area contributed by atoms with Crippen LogP contribution < -0.4 is 5.32 Å². The Morgan fingerprint density at radius 1 is 1.10 bits per heavy atom. The monoisotopic (exact) mass is 272 g/mol. The van der Waals surface area contributed by atoms with Gasteiger partial charge in [0.25, 0.3) is 0 Å². The molecule has 20 heavy (non-hydrogen) atoms. The van der Waals surface area contributed by atoms with Crippen LogP contribution in [-0.4, -0.2) is 12.5 Å². The number of carbonyl (C=O) groups excluding carboxylic acids is 1. The van der Waals surface area contributed by atoms with Crippen LogP contribution in [0.3, 0.4) is 0 Å². The van der Waals surface area contributed by atoms with Crippen molar-refractivity contribution < 1.29 is 4.79 Å². The summed E-state index contributed by atoms with van der Waals surface area (Å²) in [6, 6.07) is 2.56. The van der Waals surface area contributed by atoms with Gasteiger partial charge < -0.3 is 5.32 Å². The van der Waals surface area contributed by atoms with Crippen LogP contribution in [0, 0.1) is 45.3 Å². The van der Waals surface area contributed by atoms with Crippen LogP contribution in [0.1, 0.15) is 52.4 Å². The molecule has 0 aromatic heterocycles. The molecule has 0 radical (unpaired) electrons. The van der Waals surface area contributed by atoms with Gasteiger partial charge >= 0.3 is 0 Å². The van der Waals surface area contributed by atoms with Crippen molar-refractivity contribution in [3.63, 3.8) is 0 Å². The lowest BCUT2D eigenvalue weighted by Crippen LogP contribution is -2.60. The normalized spacial score (nSPS) is 51.9. The Labute approximate surface area is 121 Å². The Morgan fingerprint density at radius 3 is 1.95 bits per heavy atom. The predicted molar refractivity (Wildman–Crippen MR) is 75.4 cm³/mol. The summed E-state index contributed by atoms with van der Waals surface area (Å²) in [5.41, 5.74) is -1.08. The second kappa shape index (κ2) is 3.59. The molecule has 108 valence electrons. The summed E-state index contributed by atoms with van der Waals surface area (Å²) in [5, 5.41) is 13.1. The molecule has 5 rings (SSSR count). The lowest BCUT2D eigenvalue weighted by Gasteiger charge is -2.62. The van der Waals surface area contributed by atoms with Gasteiger partial charge in [-0.05, 0) is 61.7 Å². The molecular formula is C17H24N2O. The number of hydrogen-bond donors (Lipinski definition) is 1. The smallest absolute Gasteiger partial charge is 0.241 e. The molecule has 3 heteroatoms. The molecule has 0 spiro atoms. The molecule has 5 aliphatic rings. The molecule has 1 N–H and O–H groups in total. The van der Waals surface area contributed by atoms with Crippen molar-refractivity contribution in [3.05, 3.63) is 0 Å². The lowest BCUT2D eigenvalue weighted by atomic mass is 9.39. The fourth-order valence-electron chi connectivity index (χ4n) is 6.72. The van der Waals surface area contributed by atoms with Gasteiger partial charge in [-0.1, -0.05) is 13.8 Å². The van der Waals surface area contributed by atoms with Crippen molar-refractivity contribution >= 4 is 5.91 Å². The summed E-state index contributed by atoms with van der Waals surface area (Å²) < 4.78 is 0. The Hall–Kier alpha value is -1.04. The van der Waals surface area contributed by atoms with E-state index in [1.807, 2.05) is 0 Å². The zero-order chi connectivity index (χ0) is 14.2. The molecule has 4 bridgehead atoms. The minimum atomic E-state index is -0.796. The number of carbonyl (C=O) groups is 1. The quantitative estimate of drug-likeness (QED) is 0.798. The van der Waals surface area contributed by atoms with Crippen molar-refractivity contribution in [3.8, 4) is 6.07 Å². The largest absolute Gasteiger partial charge is 0.354 e. The number of amides is 1. The van der Waals surface area contributed by atoms with Crippen LogP contribution >= 0.6 is 0 Å². The summed E-state index contributed by atoms with van der Waals surface area (Å²) in [7, 11) is 0. The third-order valence-electron chi connectivity index (χ3n) is 7.05. The molecule has 1 unspecified atom stereocenters. The average Bonchev–Trinajstić information content (AvgIpc) is 2.59. The van der Waals surface area contributed by atoms with E-state index in [0.717, 1.165) is 37.0 Å². The Bertz CT molecular complexity index is 480. The molecule has 1 atom stereocenters. The first-order chi connectivity index (χ1) is 9.42. The number of rotatable bonds is 1. The maximum Gasteiger partial charge on any atom is 0.241 e. The Morgan fingerprint density at radius 2 is 1.60 bits per heavy atom. The highest BCUT2D eigenvalue weighted by molar-refractivity contribution is 5.90. The average molecular weight is 272 g/mol. The predicted octanol–water partition coefficient (Wildman–Crippen LogP) is 2.87. The van der Waals surface area contributed by atoms with Gasteiger partial charge in [0, 0.05) is 12.0 Å². The second-order valence-corrected chi connectivity index (χ2v) is 8.63. The SMILES string of the molecule is CC1(C)CNC(=O)C1(C#N)C12CC3CC(CC(C3)C1)C2. The van der Waals surface area contributed by atoms with Crippen molar-refractivity contribution in [1.82, 2.24) is 5.32 Å². The maximum absolute atomic E-state index is 12.7. The number of nitriles is 1. The van der Waals surface area contributed by atoms with Crippen LogP contribution in [0.5, 0.6) is 0 Å². The van der Waals surface area contributed by atoms with E-state index in [2.05, 4.69) is 25.2 Å². The highest BCUT2D eigenvalue weighted by Crippen LogP contribution is 2.70. The molecule has 4 aliphatic carbocycles. The van der Waals surface area contributed by atoms with Crippen molar-refractivity contribution in [2.45, 2.75) is 52.4 Å². The molecule has 4 saturated carbocycles. The summed E-state index contributed by atoms with van der Waals surface area (Å²) in [6.07, 6.45) is 7.39. The summed E-state index contributed by atoms with van der Waals surface area (Å²) in [5.74, 6) is 2.34. The van der Waals surface area contributed by atoms with Gasteiger partial charge in [0.2, 0.25) is 5.91 Å². The maximum atomic E-state index is 12.7. The molecule has 3 nitrogen and oxygen atoms in total. The van der Waals surface area contributed by atoms with Crippen molar-refractivity contribution in [2.24, 2.45) is 34.0 Å². The van der Waals surface area contributed by atoms with E-state index < -0.39 is 5.41 Å². The first-order valence-electron chi connectivity index (χ1n) is 8.12.